The van der Waals surface area contributed by atoms with Gasteiger partial charge in [-0.25, -0.2) is 5.01 Å². The summed E-state index contributed by atoms with van der Waals surface area (Å²) in [4.78, 5) is 23.7. The molecule has 1 saturated carbocycles. The lowest BCUT2D eigenvalue weighted by atomic mass is 10.1. The number of nitrogens with one attached hydrogen (secondary N) is 1. The Bertz CT molecular complexity index is 737. The fourth-order valence-electron chi connectivity index (χ4n) is 3.33. The lowest BCUT2D eigenvalue weighted by Crippen LogP contribution is -2.34. The third-order valence-electron chi connectivity index (χ3n) is 4.63. The van der Waals surface area contributed by atoms with E-state index >= 15 is 0 Å². The van der Waals surface area contributed by atoms with Crippen LogP contribution in [0, 0.1) is 0 Å². The maximum Gasteiger partial charge on any atom is 0.271 e. The number of carbonyl (C=O) groups excluding carboxylic acids is 2. The van der Waals surface area contributed by atoms with E-state index in [0.29, 0.717) is 30.0 Å². The molecule has 0 radical (unpaired) electrons. The Hall–Kier alpha value is -2.57. The molecular formula is C17H19N3O4. The van der Waals surface area contributed by atoms with Crippen LogP contribution in [0.15, 0.2) is 23.3 Å². The fourth-order valence-corrected chi connectivity index (χ4v) is 3.33. The van der Waals surface area contributed by atoms with Gasteiger partial charge in [-0.3, -0.25) is 9.59 Å². The van der Waals surface area contributed by atoms with Crippen molar-refractivity contribution in [1.82, 2.24) is 5.01 Å². The van der Waals surface area contributed by atoms with E-state index in [4.69, 9.17) is 9.47 Å². The van der Waals surface area contributed by atoms with Gasteiger partial charge in [0.05, 0.1) is 0 Å². The molecular weight excluding hydrogens is 310 g/mol. The number of carbonyl (C=O) groups is 2. The van der Waals surface area contributed by atoms with Gasteiger partial charge in [-0.15, -0.1) is 0 Å². The number of amides is 2. The zero-order valence-electron chi connectivity index (χ0n) is 13.5. The molecule has 2 heterocycles. The summed E-state index contributed by atoms with van der Waals surface area (Å²) in [5, 5.41) is 8.04. The molecule has 7 heteroatoms. The van der Waals surface area contributed by atoms with Crippen molar-refractivity contribution in [3.63, 3.8) is 0 Å². The highest BCUT2D eigenvalue weighted by Gasteiger charge is 2.44. The quantitative estimate of drug-likeness (QED) is 0.902. The number of hydrazone groups is 1. The van der Waals surface area contributed by atoms with Crippen molar-refractivity contribution < 1.29 is 19.1 Å². The molecule has 3 aliphatic rings. The summed E-state index contributed by atoms with van der Waals surface area (Å²) in [5.74, 6) is 0.477. The molecule has 1 N–H and O–H groups in total. The highest BCUT2D eigenvalue weighted by atomic mass is 16.7. The topological polar surface area (TPSA) is 80.2 Å². The molecule has 1 aromatic rings. The van der Waals surface area contributed by atoms with Gasteiger partial charge in [-0.05, 0) is 25.0 Å². The van der Waals surface area contributed by atoms with E-state index in [-0.39, 0.29) is 11.8 Å². The van der Waals surface area contributed by atoms with Crippen LogP contribution in [0.3, 0.4) is 0 Å². The van der Waals surface area contributed by atoms with Crippen LogP contribution in [0.5, 0.6) is 11.5 Å². The molecule has 4 rings (SSSR count). The van der Waals surface area contributed by atoms with Crippen LogP contribution in [0.1, 0.15) is 38.5 Å². The predicted molar refractivity (Wildman–Crippen MR) is 87.0 cm³/mol. The van der Waals surface area contributed by atoms with Gasteiger partial charge in [0.1, 0.15) is 5.71 Å². The van der Waals surface area contributed by atoms with Crippen LogP contribution < -0.4 is 14.8 Å². The second-order valence-electron chi connectivity index (χ2n) is 6.40. The zero-order chi connectivity index (χ0) is 16.7. The highest BCUT2D eigenvalue weighted by molar-refractivity contribution is 6.43. The number of fused-ring (bicyclic) bond motifs is 1. The van der Waals surface area contributed by atoms with Crippen molar-refractivity contribution in [2.24, 2.45) is 5.10 Å². The number of nitrogens with zero attached hydrogens (tertiary/aromatic N) is 2. The summed E-state index contributed by atoms with van der Waals surface area (Å²) in [6.45, 7) is 0. The minimum atomic E-state index is -0.512. The SMILES string of the molecule is CN1N=C(C(=O)Nc2ccc3c(c2)OC2(CCCC2)O3)CCC1=O. The summed E-state index contributed by atoms with van der Waals surface area (Å²) >= 11 is 0. The van der Waals surface area contributed by atoms with Crippen LogP contribution in [0.25, 0.3) is 0 Å². The van der Waals surface area contributed by atoms with Gasteiger partial charge in [0.2, 0.25) is 5.91 Å². The maximum atomic E-state index is 12.3. The van der Waals surface area contributed by atoms with Crippen LogP contribution in [0.2, 0.25) is 0 Å². The largest absolute Gasteiger partial charge is 0.448 e. The number of rotatable bonds is 2. The number of ether oxygens (including phenoxy) is 2. The lowest BCUT2D eigenvalue weighted by Gasteiger charge is -2.21. The molecule has 1 aliphatic carbocycles. The van der Waals surface area contributed by atoms with Gasteiger partial charge in [0, 0.05) is 44.5 Å². The second kappa shape index (κ2) is 5.51. The van der Waals surface area contributed by atoms with E-state index in [1.807, 2.05) is 6.07 Å². The lowest BCUT2D eigenvalue weighted by molar-refractivity contribution is -0.130. The Balaban J connectivity index is 1.48. The molecule has 1 aromatic carbocycles. The number of hydrogen-bond donors (Lipinski definition) is 1. The van der Waals surface area contributed by atoms with Crippen molar-refractivity contribution in [3.05, 3.63) is 18.2 Å². The van der Waals surface area contributed by atoms with E-state index in [9.17, 15) is 9.59 Å². The van der Waals surface area contributed by atoms with Crippen molar-refractivity contribution in [1.29, 1.82) is 0 Å². The molecule has 2 amide bonds. The molecule has 1 fully saturated rings. The van der Waals surface area contributed by atoms with E-state index in [2.05, 4.69) is 10.4 Å². The van der Waals surface area contributed by atoms with Gasteiger partial charge >= 0.3 is 0 Å². The fraction of sp³-hybridized carbons (Fsp3) is 0.471. The third-order valence-corrected chi connectivity index (χ3v) is 4.63. The minimum Gasteiger partial charge on any atom is -0.448 e. The minimum absolute atomic E-state index is 0.0866. The molecule has 0 saturated heterocycles. The number of hydrogen-bond acceptors (Lipinski definition) is 5. The molecule has 24 heavy (non-hydrogen) atoms. The van der Waals surface area contributed by atoms with Crippen molar-refractivity contribution >= 4 is 23.2 Å². The van der Waals surface area contributed by atoms with Crippen LogP contribution in [-0.2, 0) is 9.59 Å². The van der Waals surface area contributed by atoms with Crippen molar-refractivity contribution in [2.45, 2.75) is 44.3 Å². The summed E-state index contributed by atoms with van der Waals surface area (Å²) in [7, 11) is 1.55. The van der Waals surface area contributed by atoms with Crippen molar-refractivity contribution in [2.75, 3.05) is 12.4 Å². The number of anilines is 1. The van der Waals surface area contributed by atoms with Crippen LogP contribution >= 0.6 is 0 Å². The van der Waals surface area contributed by atoms with E-state index < -0.39 is 5.79 Å². The predicted octanol–water partition coefficient (Wildman–Crippen LogP) is 2.27. The third kappa shape index (κ3) is 2.60. The molecule has 1 spiro atoms. The van der Waals surface area contributed by atoms with Gasteiger partial charge in [-0.1, -0.05) is 0 Å². The summed E-state index contributed by atoms with van der Waals surface area (Å²) in [5.41, 5.74) is 0.974. The Morgan fingerprint density at radius 2 is 1.96 bits per heavy atom. The van der Waals surface area contributed by atoms with Gasteiger partial charge < -0.3 is 14.8 Å². The van der Waals surface area contributed by atoms with Crippen molar-refractivity contribution in [3.8, 4) is 11.5 Å². The van der Waals surface area contributed by atoms with Gasteiger partial charge in [-0.2, -0.15) is 5.10 Å². The average molecular weight is 329 g/mol. The Labute approximate surface area is 139 Å². The summed E-state index contributed by atoms with van der Waals surface area (Å²) in [6.07, 6.45) is 4.63. The van der Waals surface area contributed by atoms with Crippen LogP contribution in [0.4, 0.5) is 5.69 Å². The smallest absolute Gasteiger partial charge is 0.271 e. The monoisotopic (exact) mass is 329 g/mol. The second-order valence-corrected chi connectivity index (χ2v) is 6.40. The molecule has 0 aromatic heterocycles. The summed E-state index contributed by atoms with van der Waals surface area (Å²) in [6, 6.07) is 5.38. The molecule has 0 bridgehead atoms. The van der Waals surface area contributed by atoms with Gasteiger partial charge in [0.15, 0.2) is 11.5 Å². The van der Waals surface area contributed by atoms with E-state index in [1.54, 1.807) is 19.2 Å². The first-order valence-electron chi connectivity index (χ1n) is 8.22. The molecule has 2 aliphatic heterocycles. The first kappa shape index (κ1) is 15.0. The average Bonchev–Trinajstić information content (AvgIpc) is 3.15. The standard InChI is InChI=1S/C17H19N3O4/c1-20-15(21)7-5-12(19-20)16(22)18-11-4-6-13-14(10-11)24-17(23-13)8-2-3-9-17/h4,6,10H,2-3,5,7-9H2,1H3,(H,18,22). The number of benzene rings is 1. The normalized spacial score (nSPS) is 21.1. The highest BCUT2D eigenvalue weighted by Crippen LogP contribution is 2.47. The van der Waals surface area contributed by atoms with E-state index in [1.165, 1.54) is 5.01 Å². The maximum absolute atomic E-state index is 12.3. The first-order chi connectivity index (χ1) is 11.5. The van der Waals surface area contributed by atoms with Gasteiger partial charge in [0.25, 0.3) is 11.7 Å². The molecule has 0 atom stereocenters. The van der Waals surface area contributed by atoms with Crippen LogP contribution in [-0.4, -0.2) is 35.4 Å². The van der Waals surface area contributed by atoms with E-state index in [0.717, 1.165) is 31.4 Å². The Kier molecular flexibility index (Phi) is 3.44. The summed E-state index contributed by atoms with van der Waals surface area (Å²) < 4.78 is 12.0. The molecule has 7 nitrogen and oxygen atoms in total. The Morgan fingerprint density at radius 1 is 1.21 bits per heavy atom. The molecule has 126 valence electrons. The zero-order valence-corrected chi connectivity index (χ0v) is 13.5. The Morgan fingerprint density at radius 3 is 2.71 bits per heavy atom. The molecule has 0 unspecified atom stereocenters. The first-order valence-corrected chi connectivity index (χ1v) is 8.22.